The smallest absolute Gasteiger partial charge is 0.325 e. The number of carbonyl (C=O) groups excluding carboxylic acids is 1. The van der Waals surface area contributed by atoms with Crippen molar-refractivity contribution in [3.63, 3.8) is 0 Å². The predicted molar refractivity (Wildman–Crippen MR) is 147 cm³/mol. The second-order valence-corrected chi connectivity index (χ2v) is 9.87. The van der Waals surface area contributed by atoms with E-state index in [4.69, 9.17) is 20.3 Å². The van der Waals surface area contributed by atoms with Crippen molar-refractivity contribution in [1.29, 1.82) is 0 Å². The number of aliphatic hydroxyl groups is 2. The van der Waals surface area contributed by atoms with Gasteiger partial charge in [0, 0.05) is 6.20 Å². The molecule has 2 amide bonds. The number of rotatable bonds is 18. The van der Waals surface area contributed by atoms with E-state index in [1.54, 1.807) is 0 Å². The van der Waals surface area contributed by atoms with Gasteiger partial charge >= 0.3 is 12.0 Å². The molecule has 0 spiro atoms. The quantitative estimate of drug-likeness (QED) is 0.0838. The van der Waals surface area contributed by atoms with Gasteiger partial charge in [-0.3, -0.25) is 4.90 Å². The number of carbonyl (C=O) groups is 1. The third-order valence-corrected chi connectivity index (χ3v) is 6.61. The van der Waals surface area contributed by atoms with Crippen molar-refractivity contribution >= 4 is 12.1 Å². The summed E-state index contributed by atoms with van der Waals surface area (Å²) in [5.74, 6) is -3.75. The van der Waals surface area contributed by atoms with Gasteiger partial charge in [-0.1, -0.05) is 69.8 Å². The molecule has 11 heteroatoms. The van der Waals surface area contributed by atoms with Crippen LogP contribution in [0.1, 0.15) is 84.0 Å². The molecule has 39 heavy (non-hydrogen) atoms. The van der Waals surface area contributed by atoms with Gasteiger partial charge in [0.2, 0.25) is 6.23 Å². The SMILES string of the molecule is CCCCC/C=C\C/C=C\CCCCCCCCOC(N)=NC1C=CN([C@@H]2O[C@H](CO)[C@@H](O)C2(F)F)C(=O)N1. The third-order valence-electron chi connectivity index (χ3n) is 6.61. The summed E-state index contributed by atoms with van der Waals surface area (Å²) in [5.41, 5.74) is 5.78. The average molecular weight is 557 g/mol. The van der Waals surface area contributed by atoms with Gasteiger partial charge in [0.1, 0.15) is 12.3 Å². The lowest BCUT2D eigenvalue weighted by Gasteiger charge is -2.32. The van der Waals surface area contributed by atoms with Gasteiger partial charge in [-0.25, -0.2) is 9.79 Å². The van der Waals surface area contributed by atoms with E-state index in [1.807, 2.05) is 0 Å². The molecule has 0 aliphatic carbocycles. The van der Waals surface area contributed by atoms with E-state index in [9.17, 15) is 18.7 Å². The van der Waals surface area contributed by atoms with Gasteiger partial charge < -0.3 is 30.7 Å². The van der Waals surface area contributed by atoms with E-state index in [-0.39, 0.29) is 6.02 Å². The van der Waals surface area contributed by atoms with E-state index < -0.39 is 43.2 Å². The van der Waals surface area contributed by atoms with Crippen LogP contribution in [-0.2, 0) is 9.47 Å². The molecule has 1 unspecified atom stereocenters. The van der Waals surface area contributed by atoms with Crippen LogP contribution in [0.4, 0.5) is 13.6 Å². The van der Waals surface area contributed by atoms with E-state index >= 15 is 0 Å². The van der Waals surface area contributed by atoms with Crippen LogP contribution in [-0.4, -0.2) is 70.9 Å². The van der Waals surface area contributed by atoms with Gasteiger partial charge in [-0.2, -0.15) is 8.78 Å². The lowest BCUT2D eigenvalue weighted by molar-refractivity contribution is -0.145. The average Bonchev–Trinajstić information content (AvgIpc) is 3.14. The Labute approximate surface area is 230 Å². The first-order chi connectivity index (χ1) is 18.8. The second kappa shape index (κ2) is 18.0. The first kappa shape index (κ1) is 32.7. The van der Waals surface area contributed by atoms with E-state index in [1.165, 1.54) is 51.0 Å². The van der Waals surface area contributed by atoms with Gasteiger partial charge in [0.25, 0.3) is 6.02 Å². The molecule has 0 aromatic carbocycles. The standard InChI is InChI=1S/C28H46F2N4O5/c1-2-3-4-5-6-7-8-9-10-11-12-13-14-15-16-17-20-38-26(31)32-23-18-19-34(27(37)33-23)25-28(29,30)24(36)22(21-35)39-25/h6-7,9-10,18-19,22-25,35-36H,2-5,8,11-17,20-21H2,1H3,(H2,31,32)(H,33,37)/b7-6-,10-9-/t22-,23?,24-,25-/m1/s1. The Kier molecular flexibility index (Phi) is 15.1. The molecule has 2 rings (SSSR count). The number of urea groups is 1. The van der Waals surface area contributed by atoms with Crippen LogP contribution in [0.2, 0.25) is 0 Å². The molecule has 2 aliphatic rings. The number of allylic oxidation sites excluding steroid dienone is 4. The largest absolute Gasteiger partial charge is 0.465 e. The molecule has 1 saturated heterocycles. The molecule has 0 bridgehead atoms. The summed E-state index contributed by atoms with van der Waals surface area (Å²) in [6, 6.07) is -1.01. The lowest BCUT2D eigenvalue weighted by atomic mass is 10.1. The number of alkyl halides is 2. The molecule has 0 aromatic rings. The Balaban J connectivity index is 1.54. The van der Waals surface area contributed by atoms with Crippen molar-refractivity contribution in [2.45, 2.75) is 114 Å². The highest BCUT2D eigenvalue weighted by molar-refractivity contribution is 5.78. The Morgan fingerprint density at radius 3 is 2.38 bits per heavy atom. The van der Waals surface area contributed by atoms with Crippen molar-refractivity contribution in [3.05, 3.63) is 36.6 Å². The summed E-state index contributed by atoms with van der Waals surface area (Å²) < 4.78 is 39.0. The molecule has 2 heterocycles. The number of hydrogen-bond donors (Lipinski definition) is 4. The molecule has 5 N–H and O–H groups in total. The maximum Gasteiger partial charge on any atom is 0.325 e. The molecular weight excluding hydrogens is 510 g/mol. The van der Waals surface area contributed by atoms with Crippen LogP contribution in [0.25, 0.3) is 0 Å². The fraction of sp³-hybridized carbons (Fsp3) is 0.714. The van der Waals surface area contributed by atoms with Crippen molar-refractivity contribution in [1.82, 2.24) is 10.2 Å². The molecule has 2 aliphatic heterocycles. The molecule has 0 saturated carbocycles. The van der Waals surface area contributed by atoms with E-state index in [0.717, 1.165) is 38.3 Å². The zero-order valence-corrected chi connectivity index (χ0v) is 23.0. The van der Waals surface area contributed by atoms with Crippen LogP contribution in [0.15, 0.2) is 41.6 Å². The summed E-state index contributed by atoms with van der Waals surface area (Å²) in [5, 5.41) is 21.1. The van der Waals surface area contributed by atoms with Crippen LogP contribution in [0.3, 0.4) is 0 Å². The lowest BCUT2D eigenvalue weighted by Crippen LogP contribution is -2.55. The maximum absolute atomic E-state index is 14.3. The number of aliphatic imine (C=N–C) groups is 1. The Morgan fingerprint density at radius 1 is 1.13 bits per heavy atom. The number of halogens is 2. The summed E-state index contributed by atoms with van der Waals surface area (Å²) in [6.45, 7) is 1.81. The highest BCUT2D eigenvalue weighted by Gasteiger charge is 2.61. The maximum atomic E-state index is 14.3. The van der Waals surface area contributed by atoms with Crippen LogP contribution in [0.5, 0.6) is 0 Å². The normalized spacial score (nSPS) is 25.2. The molecule has 0 aromatic heterocycles. The second-order valence-electron chi connectivity index (χ2n) is 9.87. The zero-order valence-electron chi connectivity index (χ0n) is 23.0. The predicted octanol–water partition coefficient (Wildman–Crippen LogP) is 4.71. The van der Waals surface area contributed by atoms with Crippen LogP contribution >= 0.6 is 0 Å². The zero-order chi connectivity index (χ0) is 28.5. The van der Waals surface area contributed by atoms with Crippen molar-refractivity contribution in [2.24, 2.45) is 10.7 Å². The first-order valence-corrected chi connectivity index (χ1v) is 14.2. The summed E-state index contributed by atoms with van der Waals surface area (Å²) >= 11 is 0. The number of aliphatic hydroxyl groups excluding tert-OH is 2. The summed E-state index contributed by atoms with van der Waals surface area (Å²) in [4.78, 5) is 17.0. The minimum atomic E-state index is -3.75. The number of hydrogen-bond acceptors (Lipinski definition) is 6. The number of nitrogens with two attached hydrogens (primary N) is 1. The van der Waals surface area contributed by atoms with Crippen molar-refractivity contribution in [3.8, 4) is 0 Å². The van der Waals surface area contributed by atoms with Gasteiger partial charge in [0.15, 0.2) is 6.10 Å². The summed E-state index contributed by atoms with van der Waals surface area (Å²) in [6.07, 6.45) is 18.5. The molecule has 0 radical (unpaired) electrons. The minimum absolute atomic E-state index is 0.112. The molecular formula is C28H46F2N4O5. The Hall–Kier alpha value is -2.50. The monoisotopic (exact) mass is 556 g/mol. The number of amides is 2. The molecule has 1 fully saturated rings. The molecule has 9 nitrogen and oxygen atoms in total. The Morgan fingerprint density at radius 2 is 1.77 bits per heavy atom. The number of unbranched alkanes of at least 4 members (excludes halogenated alkanes) is 9. The molecule has 4 atom stereocenters. The van der Waals surface area contributed by atoms with Crippen LogP contribution < -0.4 is 11.1 Å². The minimum Gasteiger partial charge on any atom is -0.465 e. The third kappa shape index (κ3) is 11.3. The van der Waals surface area contributed by atoms with E-state index in [0.29, 0.717) is 11.5 Å². The molecule has 222 valence electrons. The van der Waals surface area contributed by atoms with E-state index in [2.05, 4.69) is 41.5 Å². The number of amidine groups is 1. The van der Waals surface area contributed by atoms with Crippen LogP contribution in [0, 0.1) is 0 Å². The fourth-order valence-corrected chi connectivity index (χ4v) is 4.31. The van der Waals surface area contributed by atoms with Crippen molar-refractivity contribution < 1.29 is 33.3 Å². The number of ether oxygens (including phenoxy) is 2. The number of nitrogens with zero attached hydrogens (tertiary/aromatic N) is 2. The van der Waals surface area contributed by atoms with Gasteiger partial charge in [-0.15, -0.1) is 0 Å². The fourth-order valence-electron chi connectivity index (χ4n) is 4.31. The van der Waals surface area contributed by atoms with Crippen molar-refractivity contribution in [2.75, 3.05) is 13.2 Å². The van der Waals surface area contributed by atoms with Gasteiger partial charge in [-0.05, 0) is 44.6 Å². The highest BCUT2D eigenvalue weighted by Crippen LogP contribution is 2.38. The highest BCUT2D eigenvalue weighted by atomic mass is 19.3. The summed E-state index contributed by atoms with van der Waals surface area (Å²) in [7, 11) is 0. The first-order valence-electron chi connectivity index (χ1n) is 14.2. The topological polar surface area (TPSA) is 130 Å². The number of nitrogens with one attached hydrogen (secondary N) is 1. The Bertz CT molecular complexity index is 837. The van der Waals surface area contributed by atoms with Gasteiger partial charge in [0.05, 0.1) is 13.2 Å².